The first kappa shape index (κ1) is 9.92. The smallest absolute Gasteiger partial charge is 0.226 e. The van der Waals surface area contributed by atoms with E-state index in [4.69, 9.17) is 0 Å². The Hall–Kier alpha value is -1.16. The topological polar surface area (TPSA) is 55.1 Å². The molecule has 0 saturated heterocycles. The molecule has 1 N–H and O–H groups in total. The van der Waals surface area contributed by atoms with E-state index in [0.717, 1.165) is 0 Å². The number of aliphatic hydroxyl groups excluding tert-OH is 1. The molecule has 0 aliphatic carbocycles. The highest BCUT2D eigenvalue weighted by atomic mass is 16.3. The van der Waals surface area contributed by atoms with Gasteiger partial charge in [-0.15, -0.1) is 0 Å². The molecule has 4 nitrogen and oxygen atoms in total. The normalized spacial score (nSPS) is 12.8. The Balaban J connectivity index is 2.88. The highest BCUT2D eigenvalue weighted by Crippen LogP contribution is 2.04. The Morgan fingerprint density at radius 2 is 2.38 bits per heavy atom. The van der Waals surface area contributed by atoms with Gasteiger partial charge in [-0.25, -0.2) is 4.98 Å². The lowest BCUT2D eigenvalue weighted by atomic mass is 10.2. The Kier molecular flexibility index (Phi) is 3.19. The number of aromatic nitrogens is 2. The van der Waals surface area contributed by atoms with Crippen molar-refractivity contribution in [2.45, 2.75) is 32.9 Å². The van der Waals surface area contributed by atoms with Crippen molar-refractivity contribution in [3.8, 4) is 0 Å². The van der Waals surface area contributed by atoms with E-state index in [0.29, 0.717) is 18.8 Å². The van der Waals surface area contributed by atoms with Crippen LogP contribution in [0.15, 0.2) is 12.4 Å². The monoisotopic (exact) mass is 182 g/mol. The minimum absolute atomic E-state index is 0.297. The number of Topliss-reactive ketones (excluding diaryl/α,β-unsaturated/α-hetero) is 1. The third-order valence-electron chi connectivity index (χ3n) is 1.97. The van der Waals surface area contributed by atoms with Crippen molar-refractivity contribution in [3.63, 3.8) is 0 Å². The lowest BCUT2D eigenvalue weighted by Crippen LogP contribution is -2.23. The van der Waals surface area contributed by atoms with Gasteiger partial charge in [0.15, 0.2) is 5.82 Å². The van der Waals surface area contributed by atoms with Crippen LogP contribution >= 0.6 is 0 Å². The summed E-state index contributed by atoms with van der Waals surface area (Å²) >= 11 is 0. The Labute approximate surface area is 77.2 Å². The number of carbonyl (C=O) groups excluding carboxylic acids is 1. The minimum Gasteiger partial charge on any atom is -0.385 e. The second-order valence-electron chi connectivity index (χ2n) is 2.83. The van der Waals surface area contributed by atoms with Gasteiger partial charge >= 0.3 is 0 Å². The van der Waals surface area contributed by atoms with Crippen LogP contribution in [0.2, 0.25) is 0 Å². The van der Waals surface area contributed by atoms with E-state index in [1.807, 2.05) is 6.92 Å². The fraction of sp³-hybridized carbons (Fsp3) is 0.556. The standard InChI is InChI=1S/C9H14N2O2/c1-3-7(12)8(13)9-10-5-6-11(9)4-2/h5-7,12H,3-4H2,1-2H3. The maximum Gasteiger partial charge on any atom is 0.226 e. The zero-order valence-corrected chi connectivity index (χ0v) is 7.90. The van der Waals surface area contributed by atoms with E-state index in [-0.39, 0.29) is 5.78 Å². The third kappa shape index (κ3) is 1.95. The third-order valence-corrected chi connectivity index (χ3v) is 1.97. The van der Waals surface area contributed by atoms with Gasteiger partial charge in [0.2, 0.25) is 5.78 Å². The molecule has 1 heterocycles. The van der Waals surface area contributed by atoms with Crippen LogP contribution in [-0.4, -0.2) is 26.5 Å². The molecular formula is C9H14N2O2. The van der Waals surface area contributed by atoms with Crippen molar-refractivity contribution >= 4 is 5.78 Å². The van der Waals surface area contributed by atoms with Crippen molar-refractivity contribution in [2.75, 3.05) is 0 Å². The van der Waals surface area contributed by atoms with Gasteiger partial charge in [-0.1, -0.05) is 6.92 Å². The van der Waals surface area contributed by atoms with Crippen molar-refractivity contribution in [3.05, 3.63) is 18.2 Å². The summed E-state index contributed by atoms with van der Waals surface area (Å²) < 4.78 is 1.72. The van der Waals surface area contributed by atoms with Crippen LogP contribution in [0.1, 0.15) is 30.9 Å². The highest BCUT2D eigenvalue weighted by molar-refractivity contribution is 5.96. The van der Waals surface area contributed by atoms with Crippen molar-refractivity contribution in [1.82, 2.24) is 9.55 Å². The van der Waals surface area contributed by atoms with Gasteiger partial charge in [-0.05, 0) is 13.3 Å². The summed E-state index contributed by atoms with van der Waals surface area (Å²) in [7, 11) is 0. The summed E-state index contributed by atoms with van der Waals surface area (Å²) in [5, 5.41) is 9.32. The molecule has 0 aliphatic heterocycles. The van der Waals surface area contributed by atoms with E-state index in [1.165, 1.54) is 0 Å². The molecule has 1 rings (SSSR count). The maximum atomic E-state index is 11.5. The summed E-state index contributed by atoms with van der Waals surface area (Å²) in [6.07, 6.45) is 2.80. The minimum atomic E-state index is -0.923. The lowest BCUT2D eigenvalue weighted by molar-refractivity contribution is 0.0725. The van der Waals surface area contributed by atoms with E-state index < -0.39 is 6.10 Å². The van der Waals surface area contributed by atoms with E-state index in [9.17, 15) is 9.90 Å². The number of rotatable bonds is 4. The zero-order chi connectivity index (χ0) is 9.84. The first-order valence-electron chi connectivity index (χ1n) is 4.44. The van der Waals surface area contributed by atoms with Gasteiger partial charge < -0.3 is 9.67 Å². The number of aliphatic hydroxyl groups is 1. The number of hydrogen-bond acceptors (Lipinski definition) is 3. The fourth-order valence-corrected chi connectivity index (χ4v) is 1.12. The zero-order valence-electron chi connectivity index (χ0n) is 7.90. The molecule has 0 aromatic carbocycles. The van der Waals surface area contributed by atoms with E-state index in [2.05, 4.69) is 4.98 Å². The van der Waals surface area contributed by atoms with Crippen LogP contribution in [0.25, 0.3) is 0 Å². The SMILES string of the molecule is CCC(O)C(=O)c1nccn1CC. The summed E-state index contributed by atoms with van der Waals surface area (Å²) in [4.78, 5) is 15.4. The van der Waals surface area contributed by atoms with Crippen LogP contribution in [0.3, 0.4) is 0 Å². The number of aryl methyl sites for hydroxylation is 1. The molecule has 1 atom stereocenters. The summed E-state index contributed by atoms with van der Waals surface area (Å²) in [6, 6.07) is 0. The molecule has 1 aromatic heterocycles. The number of nitrogens with zero attached hydrogens (tertiary/aromatic N) is 2. The molecular weight excluding hydrogens is 168 g/mol. The van der Waals surface area contributed by atoms with E-state index >= 15 is 0 Å². The second kappa shape index (κ2) is 4.18. The molecule has 0 radical (unpaired) electrons. The molecule has 1 unspecified atom stereocenters. The molecule has 0 saturated carbocycles. The predicted octanol–water partition coefficient (Wildman–Crippen LogP) is 0.857. The number of carbonyl (C=O) groups is 1. The first-order valence-corrected chi connectivity index (χ1v) is 4.44. The van der Waals surface area contributed by atoms with Crippen LogP contribution < -0.4 is 0 Å². The highest BCUT2D eigenvalue weighted by Gasteiger charge is 2.19. The Morgan fingerprint density at radius 3 is 2.92 bits per heavy atom. The average Bonchev–Trinajstić information content (AvgIpc) is 2.62. The molecule has 0 aliphatic rings. The van der Waals surface area contributed by atoms with Crippen LogP contribution in [0.5, 0.6) is 0 Å². The molecule has 0 amide bonds. The van der Waals surface area contributed by atoms with Gasteiger partial charge in [-0.3, -0.25) is 4.79 Å². The van der Waals surface area contributed by atoms with Gasteiger partial charge in [0, 0.05) is 18.9 Å². The van der Waals surface area contributed by atoms with Gasteiger partial charge in [0.1, 0.15) is 6.10 Å². The van der Waals surface area contributed by atoms with Gasteiger partial charge in [0.05, 0.1) is 0 Å². The number of imidazole rings is 1. The molecule has 0 fully saturated rings. The predicted molar refractivity (Wildman–Crippen MR) is 48.5 cm³/mol. The number of hydrogen-bond donors (Lipinski definition) is 1. The Bertz CT molecular complexity index is 294. The second-order valence-corrected chi connectivity index (χ2v) is 2.83. The van der Waals surface area contributed by atoms with Crippen LogP contribution in [0, 0.1) is 0 Å². The molecule has 0 spiro atoms. The van der Waals surface area contributed by atoms with Gasteiger partial charge in [0.25, 0.3) is 0 Å². The quantitative estimate of drug-likeness (QED) is 0.702. The van der Waals surface area contributed by atoms with Gasteiger partial charge in [-0.2, -0.15) is 0 Å². The summed E-state index contributed by atoms with van der Waals surface area (Å²) in [5.41, 5.74) is 0. The fourth-order valence-electron chi connectivity index (χ4n) is 1.12. The number of ketones is 1. The van der Waals surface area contributed by atoms with Crippen LogP contribution in [0.4, 0.5) is 0 Å². The summed E-state index contributed by atoms with van der Waals surface area (Å²) in [5.74, 6) is 0.0474. The first-order chi connectivity index (χ1) is 6.20. The van der Waals surface area contributed by atoms with Crippen LogP contribution in [-0.2, 0) is 6.54 Å². The molecule has 0 bridgehead atoms. The van der Waals surface area contributed by atoms with Crippen molar-refractivity contribution < 1.29 is 9.90 Å². The summed E-state index contributed by atoms with van der Waals surface area (Å²) in [6.45, 7) is 4.39. The maximum absolute atomic E-state index is 11.5. The molecule has 1 aromatic rings. The Morgan fingerprint density at radius 1 is 1.69 bits per heavy atom. The molecule has 4 heteroatoms. The molecule has 13 heavy (non-hydrogen) atoms. The average molecular weight is 182 g/mol. The van der Waals surface area contributed by atoms with Crippen molar-refractivity contribution in [1.29, 1.82) is 0 Å². The van der Waals surface area contributed by atoms with E-state index in [1.54, 1.807) is 23.9 Å². The lowest BCUT2D eigenvalue weighted by Gasteiger charge is -2.07. The largest absolute Gasteiger partial charge is 0.385 e. The molecule has 72 valence electrons. The van der Waals surface area contributed by atoms with Crippen molar-refractivity contribution in [2.24, 2.45) is 0 Å².